The molecule has 2 aromatic carbocycles. The smallest absolute Gasteiger partial charge is 0.262 e. The number of nitrogens with one attached hydrogen (secondary N) is 1. The van der Waals surface area contributed by atoms with Crippen LogP contribution in [0.25, 0.3) is 0 Å². The average Bonchev–Trinajstić information content (AvgIpc) is 2.94. The number of imide groups is 1. The molecule has 2 aliphatic rings. The standard InChI is InChI=1S/C21H19Cl2N3O4/c22-17-9-15-16(10-18(17)23)21(29)26(20(15)28)12-19(27)24-14-3-1-2-13(8-14)11-25-4-6-30-7-5-25/h1-3,8-10H,4-7,11-12H2,(H,24,27). The largest absolute Gasteiger partial charge is 0.379 e. The van der Waals surface area contributed by atoms with Gasteiger partial charge in [0.15, 0.2) is 0 Å². The Morgan fingerprint density at radius 3 is 2.27 bits per heavy atom. The van der Waals surface area contributed by atoms with Crippen LogP contribution in [0.5, 0.6) is 0 Å². The first kappa shape index (κ1) is 20.8. The molecule has 0 radical (unpaired) electrons. The Bertz CT molecular complexity index is 980. The predicted molar refractivity (Wildman–Crippen MR) is 113 cm³/mol. The van der Waals surface area contributed by atoms with Gasteiger partial charge in [-0.05, 0) is 29.8 Å². The van der Waals surface area contributed by atoms with Gasteiger partial charge in [-0.25, -0.2) is 0 Å². The summed E-state index contributed by atoms with van der Waals surface area (Å²) in [5.74, 6) is -1.60. The van der Waals surface area contributed by atoms with Gasteiger partial charge in [0.25, 0.3) is 11.8 Å². The van der Waals surface area contributed by atoms with E-state index >= 15 is 0 Å². The van der Waals surface area contributed by atoms with Gasteiger partial charge in [-0.1, -0.05) is 35.3 Å². The summed E-state index contributed by atoms with van der Waals surface area (Å²) in [6.45, 7) is 3.53. The van der Waals surface area contributed by atoms with Gasteiger partial charge in [0.05, 0.1) is 34.4 Å². The highest BCUT2D eigenvalue weighted by Crippen LogP contribution is 2.31. The van der Waals surface area contributed by atoms with Crippen molar-refractivity contribution in [2.24, 2.45) is 0 Å². The molecule has 2 aromatic rings. The SMILES string of the molecule is O=C(CN1C(=O)c2cc(Cl)c(Cl)cc2C1=O)Nc1cccc(CN2CCOCC2)c1. The summed E-state index contributed by atoms with van der Waals surface area (Å²) in [7, 11) is 0. The molecule has 0 spiro atoms. The van der Waals surface area contributed by atoms with Crippen LogP contribution < -0.4 is 5.32 Å². The van der Waals surface area contributed by atoms with Crippen molar-refractivity contribution < 1.29 is 19.1 Å². The predicted octanol–water partition coefficient (Wildman–Crippen LogP) is 3.06. The lowest BCUT2D eigenvalue weighted by Crippen LogP contribution is -2.37. The molecule has 3 amide bonds. The third-order valence-electron chi connectivity index (χ3n) is 5.03. The first-order chi connectivity index (χ1) is 14.4. The Hall–Kier alpha value is -2.45. The zero-order valence-corrected chi connectivity index (χ0v) is 17.5. The lowest BCUT2D eigenvalue weighted by molar-refractivity contribution is -0.116. The highest BCUT2D eigenvalue weighted by Gasteiger charge is 2.37. The lowest BCUT2D eigenvalue weighted by atomic mass is 10.1. The number of halogens is 2. The number of fused-ring (bicyclic) bond motifs is 1. The van der Waals surface area contributed by atoms with E-state index in [1.54, 1.807) is 6.07 Å². The highest BCUT2D eigenvalue weighted by molar-refractivity contribution is 6.43. The second-order valence-corrected chi connectivity index (χ2v) is 7.96. The van der Waals surface area contributed by atoms with Gasteiger partial charge in [0.2, 0.25) is 5.91 Å². The van der Waals surface area contributed by atoms with Crippen molar-refractivity contribution in [2.75, 3.05) is 38.2 Å². The van der Waals surface area contributed by atoms with Gasteiger partial charge < -0.3 is 10.1 Å². The van der Waals surface area contributed by atoms with Crippen LogP contribution in [0.15, 0.2) is 36.4 Å². The minimum atomic E-state index is -0.565. The zero-order chi connectivity index (χ0) is 21.3. The van der Waals surface area contributed by atoms with Crippen LogP contribution in [0.4, 0.5) is 5.69 Å². The van der Waals surface area contributed by atoms with Crippen molar-refractivity contribution in [3.63, 3.8) is 0 Å². The number of hydrogen-bond acceptors (Lipinski definition) is 5. The molecule has 0 saturated carbocycles. The first-order valence-electron chi connectivity index (χ1n) is 9.46. The molecule has 7 nitrogen and oxygen atoms in total. The Morgan fingerprint density at radius 1 is 1.00 bits per heavy atom. The topological polar surface area (TPSA) is 79.0 Å². The number of carbonyl (C=O) groups excluding carboxylic acids is 3. The molecule has 4 rings (SSSR count). The molecule has 2 heterocycles. The fourth-order valence-corrected chi connectivity index (χ4v) is 3.86. The normalized spacial score (nSPS) is 16.7. The minimum Gasteiger partial charge on any atom is -0.379 e. The number of morpholine rings is 1. The summed E-state index contributed by atoms with van der Waals surface area (Å²) in [5.41, 5.74) is 1.96. The van der Waals surface area contributed by atoms with Crippen LogP contribution in [0, 0.1) is 0 Å². The third kappa shape index (κ3) is 4.34. The lowest BCUT2D eigenvalue weighted by Gasteiger charge is -2.26. The molecule has 1 N–H and O–H groups in total. The van der Waals surface area contributed by atoms with Crippen LogP contribution in [-0.2, 0) is 16.1 Å². The summed E-state index contributed by atoms with van der Waals surface area (Å²) in [5, 5.41) is 3.12. The van der Waals surface area contributed by atoms with Gasteiger partial charge in [-0.3, -0.25) is 24.2 Å². The first-order valence-corrected chi connectivity index (χ1v) is 10.2. The molecule has 1 fully saturated rings. The molecule has 156 valence electrons. The number of carbonyl (C=O) groups is 3. The summed E-state index contributed by atoms with van der Waals surface area (Å²) in [4.78, 5) is 40.8. The van der Waals surface area contributed by atoms with Gasteiger partial charge in [0, 0.05) is 25.3 Å². The summed E-state index contributed by atoms with van der Waals surface area (Å²) in [6.07, 6.45) is 0. The quantitative estimate of drug-likeness (QED) is 0.712. The van der Waals surface area contributed by atoms with Gasteiger partial charge in [-0.15, -0.1) is 0 Å². The van der Waals surface area contributed by atoms with Crippen molar-refractivity contribution in [1.29, 1.82) is 0 Å². The van der Waals surface area contributed by atoms with E-state index < -0.39 is 24.3 Å². The zero-order valence-electron chi connectivity index (χ0n) is 16.0. The van der Waals surface area contributed by atoms with Gasteiger partial charge in [-0.2, -0.15) is 0 Å². The Labute approximate surface area is 183 Å². The Morgan fingerprint density at radius 2 is 1.63 bits per heavy atom. The molecule has 30 heavy (non-hydrogen) atoms. The number of ether oxygens (including phenoxy) is 1. The average molecular weight is 448 g/mol. The van der Waals surface area contributed by atoms with E-state index in [0.29, 0.717) is 18.9 Å². The number of benzene rings is 2. The number of rotatable bonds is 5. The van der Waals surface area contributed by atoms with Crippen LogP contribution in [0.2, 0.25) is 10.0 Å². The van der Waals surface area contributed by atoms with Crippen molar-refractivity contribution in [1.82, 2.24) is 9.80 Å². The van der Waals surface area contributed by atoms with E-state index in [0.717, 1.165) is 30.1 Å². The summed E-state index contributed by atoms with van der Waals surface area (Å²) >= 11 is 11.9. The molecule has 1 saturated heterocycles. The number of anilines is 1. The number of amides is 3. The highest BCUT2D eigenvalue weighted by atomic mass is 35.5. The van der Waals surface area contributed by atoms with E-state index in [9.17, 15) is 14.4 Å². The van der Waals surface area contributed by atoms with Crippen molar-refractivity contribution in [3.8, 4) is 0 Å². The van der Waals surface area contributed by atoms with Crippen LogP contribution >= 0.6 is 23.2 Å². The molecule has 0 bridgehead atoms. The fraction of sp³-hybridized carbons (Fsp3) is 0.286. The maximum atomic E-state index is 12.5. The Balaban J connectivity index is 1.41. The maximum Gasteiger partial charge on any atom is 0.262 e. The van der Waals surface area contributed by atoms with Crippen molar-refractivity contribution >= 4 is 46.6 Å². The molecule has 0 atom stereocenters. The third-order valence-corrected chi connectivity index (χ3v) is 5.76. The van der Waals surface area contributed by atoms with E-state index in [1.165, 1.54) is 12.1 Å². The van der Waals surface area contributed by atoms with Crippen molar-refractivity contribution in [3.05, 3.63) is 63.1 Å². The summed E-state index contributed by atoms with van der Waals surface area (Å²) in [6, 6.07) is 10.2. The van der Waals surface area contributed by atoms with Crippen molar-refractivity contribution in [2.45, 2.75) is 6.54 Å². The molecular weight excluding hydrogens is 429 g/mol. The Kier molecular flexibility index (Phi) is 6.06. The van der Waals surface area contributed by atoms with Crippen LogP contribution in [0.1, 0.15) is 26.3 Å². The molecule has 2 aliphatic heterocycles. The number of nitrogens with zero attached hydrogens (tertiary/aromatic N) is 2. The molecule has 0 aromatic heterocycles. The van der Waals surface area contributed by atoms with Crippen LogP contribution in [0.3, 0.4) is 0 Å². The molecule has 0 unspecified atom stereocenters. The van der Waals surface area contributed by atoms with Crippen LogP contribution in [-0.4, -0.2) is 60.4 Å². The second-order valence-electron chi connectivity index (χ2n) is 7.15. The maximum absolute atomic E-state index is 12.5. The molecule has 0 aliphatic carbocycles. The molecule has 9 heteroatoms. The van der Waals surface area contributed by atoms with E-state index in [-0.39, 0.29) is 21.2 Å². The minimum absolute atomic E-state index is 0.148. The fourth-order valence-electron chi connectivity index (χ4n) is 3.54. The summed E-state index contributed by atoms with van der Waals surface area (Å²) < 4.78 is 5.36. The molecular formula is C21H19Cl2N3O4. The van der Waals surface area contributed by atoms with Gasteiger partial charge in [0.1, 0.15) is 6.54 Å². The second kappa shape index (κ2) is 8.73. The van der Waals surface area contributed by atoms with E-state index in [1.807, 2.05) is 18.2 Å². The van der Waals surface area contributed by atoms with E-state index in [2.05, 4.69) is 10.2 Å². The monoisotopic (exact) mass is 447 g/mol. The van der Waals surface area contributed by atoms with E-state index in [4.69, 9.17) is 27.9 Å². The van der Waals surface area contributed by atoms with Gasteiger partial charge >= 0.3 is 0 Å². The number of hydrogen-bond donors (Lipinski definition) is 1.